The Balaban J connectivity index is 3.74. The Hall–Kier alpha value is -1.27. The molecule has 0 saturated carbocycles. The SMILES string of the molecule is Cc1cc(O)c(C)c(S(=O)(=O)O)c1O. The molecule has 0 aliphatic carbocycles. The molecule has 78 valence electrons. The van der Waals surface area contributed by atoms with E-state index in [9.17, 15) is 18.6 Å². The maximum atomic E-state index is 10.9. The lowest BCUT2D eigenvalue weighted by molar-refractivity contribution is 0.426. The van der Waals surface area contributed by atoms with Gasteiger partial charge in [0.1, 0.15) is 16.4 Å². The van der Waals surface area contributed by atoms with Gasteiger partial charge in [0, 0.05) is 5.56 Å². The van der Waals surface area contributed by atoms with Crippen LogP contribution >= 0.6 is 0 Å². The predicted molar refractivity (Wildman–Crippen MR) is 49.1 cm³/mol. The number of hydrogen-bond acceptors (Lipinski definition) is 4. The van der Waals surface area contributed by atoms with Gasteiger partial charge in [-0.15, -0.1) is 0 Å². The molecular formula is C8H10O5S. The molecule has 0 aromatic heterocycles. The zero-order valence-corrected chi connectivity index (χ0v) is 8.46. The summed E-state index contributed by atoms with van der Waals surface area (Å²) in [4.78, 5) is -0.644. The molecule has 0 heterocycles. The number of hydrogen-bond donors (Lipinski definition) is 3. The molecule has 1 aromatic rings. The minimum absolute atomic E-state index is 0.0735. The van der Waals surface area contributed by atoms with Crippen molar-refractivity contribution >= 4 is 10.1 Å². The van der Waals surface area contributed by atoms with Gasteiger partial charge in [-0.1, -0.05) is 0 Å². The van der Waals surface area contributed by atoms with Crippen LogP contribution in [0.2, 0.25) is 0 Å². The van der Waals surface area contributed by atoms with E-state index in [0.717, 1.165) is 0 Å². The molecule has 0 bridgehead atoms. The summed E-state index contributed by atoms with van der Waals surface area (Å²) in [6.07, 6.45) is 0. The van der Waals surface area contributed by atoms with Gasteiger partial charge in [0.2, 0.25) is 0 Å². The van der Waals surface area contributed by atoms with Gasteiger partial charge in [-0.3, -0.25) is 4.55 Å². The van der Waals surface area contributed by atoms with Crippen LogP contribution in [0.4, 0.5) is 0 Å². The van der Waals surface area contributed by atoms with Crippen LogP contribution in [0, 0.1) is 13.8 Å². The highest BCUT2D eigenvalue weighted by Gasteiger charge is 2.22. The lowest BCUT2D eigenvalue weighted by Crippen LogP contribution is -2.02. The van der Waals surface area contributed by atoms with Gasteiger partial charge in [-0.2, -0.15) is 8.42 Å². The lowest BCUT2D eigenvalue weighted by Gasteiger charge is -2.09. The number of aromatic hydroxyl groups is 2. The van der Waals surface area contributed by atoms with E-state index >= 15 is 0 Å². The van der Waals surface area contributed by atoms with Crippen molar-refractivity contribution in [2.24, 2.45) is 0 Å². The van der Waals surface area contributed by atoms with E-state index in [1.807, 2.05) is 0 Å². The molecule has 0 unspecified atom stereocenters. The van der Waals surface area contributed by atoms with E-state index in [2.05, 4.69) is 0 Å². The largest absolute Gasteiger partial charge is 0.508 e. The second-order valence-corrected chi connectivity index (χ2v) is 4.35. The molecule has 0 aliphatic rings. The number of benzene rings is 1. The van der Waals surface area contributed by atoms with Crippen LogP contribution in [-0.4, -0.2) is 23.2 Å². The summed E-state index contributed by atoms with van der Waals surface area (Å²) in [6.45, 7) is 2.71. The van der Waals surface area contributed by atoms with Crippen molar-refractivity contribution in [2.75, 3.05) is 0 Å². The van der Waals surface area contributed by atoms with Gasteiger partial charge in [0.05, 0.1) is 0 Å². The Kier molecular flexibility index (Phi) is 2.43. The van der Waals surface area contributed by atoms with Crippen molar-refractivity contribution in [2.45, 2.75) is 18.7 Å². The molecule has 1 aromatic carbocycles. The molecule has 0 atom stereocenters. The number of phenolic OH excluding ortho intramolecular Hbond substituents is 2. The maximum Gasteiger partial charge on any atom is 0.298 e. The standard InChI is InChI=1S/C8H10O5S/c1-4-3-6(9)5(2)8(7(4)10)14(11,12)13/h3,9-10H,1-2H3,(H,11,12,13). The molecule has 6 heteroatoms. The van der Waals surface area contributed by atoms with Crippen LogP contribution in [0.5, 0.6) is 11.5 Å². The fraction of sp³-hybridized carbons (Fsp3) is 0.250. The van der Waals surface area contributed by atoms with Gasteiger partial charge in [0.25, 0.3) is 10.1 Å². The van der Waals surface area contributed by atoms with Crippen LogP contribution in [0.3, 0.4) is 0 Å². The summed E-state index contributed by atoms with van der Waals surface area (Å²) in [6, 6.07) is 1.22. The molecule has 14 heavy (non-hydrogen) atoms. The molecule has 1 rings (SSSR count). The molecular weight excluding hydrogens is 208 g/mol. The van der Waals surface area contributed by atoms with Crippen molar-refractivity contribution < 1.29 is 23.2 Å². The Morgan fingerprint density at radius 2 is 1.71 bits per heavy atom. The quantitative estimate of drug-likeness (QED) is 0.482. The topological polar surface area (TPSA) is 94.8 Å². The van der Waals surface area contributed by atoms with Crippen molar-refractivity contribution in [3.63, 3.8) is 0 Å². The summed E-state index contributed by atoms with van der Waals surface area (Å²) in [5.41, 5.74) is 0.108. The van der Waals surface area contributed by atoms with E-state index in [0.29, 0.717) is 0 Å². The highest BCUT2D eigenvalue weighted by atomic mass is 32.2. The molecule has 0 radical (unpaired) electrons. The molecule has 0 fully saturated rings. The third-order valence-corrected chi connectivity index (χ3v) is 2.94. The van der Waals surface area contributed by atoms with E-state index < -0.39 is 20.8 Å². The number of rotatable bonds is 1. The summed E-state index contributed by atoms with van der Waals surface area (Å²) in [5, 5.41) is 18.7. The van der Waals surface area contributed by atoms with Crippen LogP contribution in [-0.2, 0) is 10.1 Å². The molecule has 0 amide bonds. The van der Waals surface area contributed by atoms with Crippen molar-refractivity contribution in [1.29, 1.82) is 0 Å². The average molecular weight is 218 g/mol. The van der Waals surface area contributed by atoms with Gasteiger partial charge in [-0.05, 0) is 25.5 Å². The Bertz CT molecular complexity index is 449. The third-order valence-electron chi connectivity index (χ3n) is 1.92. The minimum atomic E-state index is -4.52. The summed E-state index contributed by atoms with van der Waals surface area (Å²) < 4.78 is 30.5. The predicted octanol–water partition coefficient (Wildman–Crippen LogP) is 0.961. The van der Waals surface area contributed by atoms with Gasteiger partial charge in [0.15, 0.2) is 0 Å². The fourth-order valence-electron chi connectivity index (χ4n) is 1.17. The lowest BCUT2D eigenvalue weighted by atomic mass is 10.1. The molecule has 5 nitrogen and oxygen atoms in total. The summed E-state index contributed by atoms with van der Waals surface area (Å²) >= 11 is 0. The fourth-order valence-corrected chi connectivity index (χ4v) is 2.07. The first-order valence-electron chi connectivity index (χ1n) is 3.74. The average Bonchev–Trinajstić information content (AvgIpc) is 1.98. The smallest absolute Gasteiger partial charge is 0.298 e. The Labute approximate surface area is 81.4 Å². The highest BCUT2D eigenvalue weighted by molar-refractivity contribution is 7.86. The summed E-state index contributed by atoms with van der Waals surface area (Å²) in [7, 11) is -4.52. The maximum absolute atomic E-state index is 10.9. The van der Waals surface area contributed by atoms with E-state index in [4.69, 9.17) is 4.55 Å². The van der Waals surface area contributed by atoms with Gasteiger partial charge < -0.3 is 10.2 Å². The first-order valence-corrected chi connectivity index (χ1v) is 5.18. The minimum Gasteiger partial charge on any atom is -0.508 e. The van der Waals surface area contributed by atoms with E-state index in [1.165, 1.54) is 19.9 Å². The monoisotopic (exact) mass is 218 g/mol. The van der Waals surface area contributed by atoms with Crippen LogP contribution in [0.1, 0.15) is 11.1 Å². The van der Waals surface area contributed by atoms with Gasteiger partial charge in [-0.25, -0.2) is 0 Å². The molecule has 0 aliphatic heterocycles. The van der Waals surface area contributed by atoms with Gasteiger partial charge >= 0.3 is 0 Å². The van der Waals surface area contributed by atoms with Crippen LogP contribution < -0.4 is 0 Å². The summed E-state index contributed by atoms with van der Waals surface area (Å²) in [5.74, 6) is -0.823. The molecule has 0 saturated heterocycles. The first kappa shape index (κ1) is 10.8. The first-order chi connectivity index (χ1) is 6.25. The highest BCUT2D eigenvalue weighted by Crippen LogP contribution is 2.34. The second-order valence-electron chi connectivity index (χ2n) is 2.99. The van der Waals surface area contributed by atoms with Crippen molar-refractivity contribution in [1.82, 2.24) is 0 Å². The number of aryl methyl sites for hydroxylation is 1. The molecule has 3 N–H and O–H groups in total. The van der Waals surface area contributed by atoms with Crippen LogP contribution in [0.25, 0.3) is 0 Å². The van der Waals surface area contributed by atoms with Crippen molar-refractivity contribution in [3.8, 4) is 11.5 Å². The Morgan fingerprint density at radius 1 is 1.21 bits per heavy atom. The normalized spacial score (nSPS) is 11.6. The van der Waals surface area contributed by atoms with E-state index in [1.54, 1.807) is 0 Å². The second kappa shape index (κ2) is 3.14. The van der Waals surface area contributed by atoms with Crippen LogP contribution in [0.15, 0.2) is 11.0 Å². The zero-order chi connectivity index (χ0) is 11.1. The number of phenols is 2. The third kappa shape index (κ3) is 1.66. The zero-order valence-electron chi connectivity index (χ0n) is 7.64. The Morgan fingerprint density at radius 3 is 2.14 bits per heavy atom. The van der Waals surface area contributed by atoms with Crippen molar-refractivity contribution in [3.05, 3.63) is 17.2 Å². The molecule has 0 spiro atoms. The van der Waals surface area contributed by atoms with E-state index in [-0.39, 0.29) is 16.9 Å².